The Morgan fingerprint density at radius 3 is 2.34 bits per heavy atom. The Hall–Kier alpha value is -3.17. The molecule has 1 aromatic carbocycles. The first kappa shape index (κ1) is 19.2. The first-order chi connectivity index (χ1) is 14.1. The third kappa shape index (κ3) is 4.47. The summed E-state index contributed by atoms with van der Waals surface area (Å²) in [7, 11) is 0. The molecule has 1 aliphatic heterocycles. The highest BCUT2D eigenvalue weighted by molar-refractivity contribution is 6.30. The van der Waals surface area contributed by atoms with Gasteiger partial charge >= 0.3 is 0 Å². The van der Waals surface area contributed by atoms with Gasteiger partial charge in [-0.05, 0) is 48.4 Å². The van der Waals surface area contributed by atoms with E-state index in [1.165, 1.54) is 5.56 Å². The number of hydrogen-bond donors (Lipinski definition) is 0. The third-order valence-corrected chi connectivity index (χ3v) is 5.34. The molecular weight excluding hydrogens is 384 g/mol. The van der Waals surface area contributed by atoms with Gasteiger partial charge in [-0.15, -0.1) is 5.10 Å². The molecule has 0 bridgehead atoms. The highest BCUT2D eigenvalue weighted by Gasteiger charge is 2.21. The highest BCUT2D eigenvalue weighted by Crippen LogP contribution is 2.22. The van der Waals surface area contributed by atoms with Gasteiger partial charge in [0.05, 0.1) is 11.3 Å². The van der Waals surface area contributed by atoms with Gasteiger partial charge in [-0.2, -0.15) is 10.4 Å². The Labute approximate surface area is 175 Å². The van der Waals surface area contributed by atoms with Crippen LogP contribution < -0.4 is 9.80 Å². The summed E-state index contributed by atoms with van der Waals surface area (Å²) in [6.45, 7) is 5.50. The fourth-order valence-corrected chi connectivity index (χ4v) is 3.66. The lowest BCUT2D eigenvalue weighted by Crippen LogP contribution is -2.47. The minimum Gasteiger partial charge on any atom is -0.353 e. The molecule has 0 spiro atoms. The summed E-state index contributed by atoms with van der Waals surface area (Å²) in [5.74, 6) is 1.85. The van der Waals surface area contributed by atoms with Gasteiger partial charge in [0.15, 0.2) is 5.82 Å². The van der Waals surface area contributed by atoms with E-state index in [2.05, 4.69) is 44.0 Å². The third-order valence-electron chi connectivity index (χ3n) is 5.09. The number of piperazine rings is 1. The molecule has 0 N–H and O–H groups in total. The van der Waals surface area contributed by atoms with Crippen LogP contribution in [0.5, 0.6) is 0 Å². The summed E-state index contributed by atoms with van der Waals surface area (Å²) in [6.07, 6.45) is 2.36. The van der Waals surface area contributed by atoms with Crippen molar-refractivity contribution in [2.24, 2.45) is 0 Å². The number of nitrogens with zero attached hydrogens (tertiary/aromatic N) is 6. The molecule has 1 saturated heterocycles. The van der Waals surface area contributed by atoms with E-state index >= 15 is 0 Å². The van der Waals surface area contributed by atoms with Gasteiger partial charge in [-0.1, -0.05) is 23.7 Å². The molecule has 0 unspecified atom stereocenters. The van der Waals surface area contributed by atoms with Crippen molar-refractivity contribution in [3.8, 4) is 6.07 Å². The number of halogens is 1. The average molecular weight is 405 g/mol. The van der Waals surface area contributed by atoms with Gasteiger partial charge in [0.2, 0.25) is 0 Å². The molecule has 1 aliphatic rings. The minimum absolute atomic E-state index is 0.581. The number of anilines is 2. The maximum absolute atomic E-state index is 8.91. The quantitative estimate of drug-likeness (QED) is 0.661. The van der Waals surface area contributed by atoms with Crippen molar-refractivity contribution in [3.63, 3.8) is 0 Å². The molecule has 0 amide bonds. The lowest BCUT2D eigenvalue weighted by atomic mass is 10.1. The molecule has 29 heavy (non-hydrogen) atoms. The van der Waals surface area contributed by atoms with E-state index in [0.717, 1.165) is 60.5 Å². The number of rotatable bonds is 4. The van der Waals surface area contributed by atoms with Gasteiger partial charge in [-0.25, -0.2) is 4.98 Å². The van der Waals surface area contributed by atoms with E-state index in [0.29, 0.717) is 5.56 Å². The second-order valence-electron chi connectivity index (χ2n) is 7.14. The van der Waals surface area contributed by atoms with E-state index in [1.807, 2.05) is 36.4 Å². The van der Waals surface area contributed by atoms with Crippen LogP contribution in [-0.2, 0) is 6.42 Å². The van der Waals surface area contributed by atoms with Crippen LogP contribution in [0.25, 0.3) is 0 Å². The van der Waals surface area contributed by atoms with Gasteiger partial charge in [0.25, 0.3) is 0 Å². The smallest absolute Gasteiger partial charge is 0.154 e. The Morgan fingerprint density at radius 2 is 1.72 bits per heavy atom. The van der Waals surface area contributed by atoms with E-state index in [9.17, 15) is 0 Å². The Kier molecular flexibility index (Phi) is 5.59. The second-order valence-corrected chi connectivity index (χ2v) is 7.57. The number of hydrogen-bond acceptors (Lipinski definition) is 6. The van der Waals surface area contributed by atoms with Gasteiger partial charge in [0, 0.05) is 43.8 Å². The molecule has 0 saturated carbocycles. The highest BCUT2D eigenvalue weighted by atomic mass is 35.5. The SMILES string of the molecule is Cc1cc(Cc2ccc(Cl)cc2)nnc1N1CCN(c2ccc(C#N)cn2)CC1. The Balaban J connectivity index is 1.40. The molecule has 3 aromatic rings. The zero-order valence-corrected chi connectivity index (χ0v) is 17.0. The molecular formula is C22H21ClN6. The summed E-state index contributed by atoms with van der Waals surface area (Å²) < 4.78 is 0. The molecule has 3 heterocycles. The number of nitriles is 1. The number of aromatic nitrogens is 3. The van der Waals surface area contributed by atoms with E-state index in [1.54, 1.807) is 6.20 Å². The van der Waals surface area contributed by atoms with Gasteiger partial charge < -0.3 is 9.80 Å². The summed E-state index contributed by atoms with van der Waals surface area (Å²) in [4.78, 5) is 8.90. The van der Waals surface area contributed by atoms with Crippen molar-refractivity contribution in [2.45, 2.75) is 13.3 Å². The van der Waals surface area contributed by atoms with Crippen LogP contribution in [0.2, 0.25) is 5.02 Å². The van der Waals surface area contributed by atoms with Crippen molar-refractivity contribution in [1.29, 1.82) is 5.26 Å². The molecule has 4 rings (SSSR count). The number of benzene rings is 1. The second kappa shape index (κ2) is 8.46. The van der Waals surface area contributed by atoms with E-state index < -0.39 is 0 Å². The van der Waals surface area contributed by atoms with Crippen molar-refractivity contribution in [1.82, 2.24) is 15.2 Å². The lowest BCUT2D eigenvalue weighted by Gasteiger charge is -2.36. The first-order valence-corrected chi connectivity index (χ1v) is 9.94. The fraction of sp³-hybridized carbons (Fsp3) is 0.273. The normalized spacial score (nSPS) is 14.0. The summed E-state index contributed by atoms with van der Waals surface area (Å²) >= 11 is 5.96. The Morgan fingerprint density at radius 1 is 1.00 bits per heavy atom. The van der Waals surface area contributed by atoms with Crippen molar-refractivity contribution >= 4 is 23.2 Å². The fourth-order valence-electron chi connectivity index (χ4n) is 3.53. The monoisotopic (exact) mass is 404 g/mol. The van der Waals surface area contributed by atoms with Crippen molar-refractivity contribution in [2.75, 3.05) is 36.0 Å². The summed E-state index contributed by atoms with van der Waals surface area (Å²) in [6, 6.07) is 15.8. The van der Waals surface area contributed by atoms with E-state index in [4.69, 9.17) is 16.9 Å². The molecule has 7 heteroatoms. The molecule has 1 fully saturated rings. The molecule has 0 radical (unpaired) electrons. The molecule has 146 valence electrons. The average Bonchev–Trinajstić information content (AvgIpc) is 2.76. The standard InChI is InChI=1S/C22H21ClN6/c1-16-12-20(13-17-2-5-19(23)6-3-17)26-27-22(16)29-10-8-28(9-11-29)21-7-4-18(14-24)15-25-21/h2-7,12,15H,8-11,13H2,1H3. The van der Waals surface area contributed by atoms with Gasteiger partial charge in [0.1, 0.15) is 11.9 Å². The largest absolute Gasteiger partial charge is 0.353 e. The van der Waals surface area contributed by atoms with Crippen LogP contribution in [0.3, 0.4) is 0 Å². The number of aryl methyl sites for hydroxylation is 1. The molecule has 0 aliphatic carbocycles. The van der Waals surface area contributed by atoms with Crippen LogP contribution in [0, 0.1) is 18.3 Å². The van der Waals surface area contributed by atoms with Crippen LogP contribution in [-0.4, -0.2) is 41.4 Å². The maximum Gasteiger partial charge on any atom is 0.154 e. The number of pyridine rings is 1. The van der Waals surface area contributed by atoms with Crippen LogP contribution in [0.15, 0.2) is 48.7 Å². The van der Waals surface area contributed by atoms with Gasteiger partial charge in [-0.3, -0.25) is 0 Å². The van der Waals surface area contributed by atoms with E-state index in [-0.39, 0.29) is 0 Å². The molecule has 0 atom stereocenters. The van der Waals surface area contributed by atoms with Crippen LogP contribution in [0.1, 0.15) is 22.4 Å². The first-order valence-electron chi connectivity index (χ1n) is 9.56. The van der Waals surface area contributed by atoms with Crippen molar-refractivity contribution in [3.05, 3.63) is 76.1 Å². The minimum atomic E-state index is 0.581. The summed E-state index contributed by atoms with van der Waals surface area (Å²) in [5.41, 5.74) is 3.83. The molecule has 2 aromatic heterocycles. The zero-order valence-electron chi connectivity index (χ0n) is 16.2. The lowest BCUT2D eigenvalue weighted by molar-refractivity contribution is 0.635. The summed E-state index contributed by atoms with van der Waals surface area (Å²) in [5, 5.41) is 18.6. The van der Waals surface area contributed by atoms with Crippen LogP contribution >= 0.6 is 11.6 Å². The predicted molar refractivity (Wildman–Crippen MR) is 114 cm³/mol. The maximum atomic E-state index is 8.91. The predicted octanol–water partition coefficient (Wildman–Crippen LogP) is 3.62. The molecule has 6 nitrogen and oxygen atoms in total. The van der Waals surface area contributed by atoms with Crippen LogP contribution in [0.4, 0.5) is 11.6 Å². The Bertz CT molecular complexity index is 1020. The van der Waals surface area contributed by atoms with Crippen molar-refractivity contribution < 1.29 is 0 Å². The topological polar surface area (TPSA) is 68.9 Å². The zero-order chi connectivity index (χ0) is 20.2.